The second kappa shape index (κ2) is 20.7. The molecule has 0 spiro atoms. The van der Waals surface area contributed by atoms with E-state index in [9.17, 15) is 9.59 Å². The normalized spacial score (nSPS) is 11.0. The van der Waals surface area contributed by atoms with Gasteiger partial charge in [-0.2, -0.15) is 0 Å². The fourth-order valence-electron chi connectivity index (χ4n) is 3.24. The van der Waals surface area contributed by atoms with Gasteiger partial charge in [-0.1, -0.05) is 84.0 Å². The maximum atomic E-state index is 11.6. The maximum absolute atomic E-state index is 11.6. The Morgan fingerprint density at radius 1 is 0.607 bits per heavy atom. The Bertz CT molecular complexity index is 366. The molecule has 0 N–H and O–H groups in total. The molecule has 0 heterocycles. The molecule has 0 atom stereocenters. The Labute approximate surface area is 174 Å². The van der Waals surface area contributed by atoms with Gasteiger partial charge in [-0.15, -0.1) is 0 Å². The monoisotopic (exact) mass is 398 g/mol. The first-order chi connectivity index (χ1) is 13.6. The van der Waals surface area contributed by atoms with Gasteiger partial charge in [0.2, 0.25) is 0 Å². The van der Waals surface area contributed by atoms with Gasteiger partial charge in [-0.25, -0.2) is 0 Å². The molecule has 0 aliphatic rings. The summed E-state index contributed by atoms with van der Waals surface area (Å²) in [5, 5.41) is 0. The van der Waals surface area contributed by atoms with Crippen LogP contribution in [0.3, 0.4) is 0 Å². The average molecular weight is 399 g/mol. The zero-order valence-corrected chi connectivity index (χ0v) is 18.9. The molecule has 0 amide bonds. The summed E-state index contributed by atoms with van der Waals surface area (Å²) < 4.78 is 10.3. The van der Waals surface area contributed by atoms with Crippen LogP contribution >= 0.6 is 0 Å². The molecule has 0 aromatic rings. The van der Waals surface area contributed by atoms with Crippen molar-refractivity contribution >= 4 is 11.9 Å². The van der Waals surface area contributed by atoms with Gasteiger partial charge in [0.15, 0.2) is 0 Å². The minimum atomic E-state index is -0.185. The van der Waals surface area contributed by atoms with Gasteiger partial charge in [-0.3, -0.25) is 9.59 Å². The molecule has 0 aromatic carbocycles. The number of rotatable bonds is 20. The van der Waals surface area contributed by atoms with Crippen molar-refractivity contribution in [3.05, 3.63) is 0 Å². The first-order valence-corrected chi connectivity index (χ1v) is 11.9. The second-order valence-electron chi connectivity index (χ2n) is 8.21. The summed E-state index contributed by atoms with van der Waals surface area (Å²) in [6, 6.07) is 0. The van der Waals surface area contributed by atoms with Crippen molar-refractivity contribution in [3.8, 4) is 0 Å². The molecule has 166 valence electrons. The fourth-order valence-corrected chi connectivity index (χ4v) is 3.24. The lowest BCUT2D eigenvalue weighted by molar-refractivity contribution is -0.148. The maximum Gasteiger partial charge on any atom is 0.306 e. The predicted octanol–water partition coefficient (Wildman–Crippen LogP) is 7.13. The van der Waals surface area contributed by atoms with Crippen molar-refractivity contribution in [3.63, 3.8) is 0 Å². The van der Waals surface area contributed by atoms with E-state index in [0.29, 0.717) is 32.3 Å². The van der Waals surface area contributed by atoms with Crippen LogP contribution in [0.25, 0.3) is 0 Å². The molecular weight excluding hydrogens is 352 g/mol. The predicted molar refractivity (Wildman–Crippen MR) is 116 cm³/mol. The summed E-state index contributed by atoms with van der Waals surface area (Å²) in [6.45, 7) is 6.48. The van der Waals surface area contributed by atoms with Crippen LogP contribution in [-0.2, 0) is 19.1 Å². The molecule has 0 aromatic heterocycles. The molecule has 4 heteroatoms. The highest BCUT2D eigenvalue weighted by atomic mass is 16.5. The van der Waals surface area contributed by atoms with Gasteiger partial charge in [0.25, 0.3) is 0 Å². The third-order valence-corrected chi connectivity index (χ3v) is 4.89. The van der Waals surface area contributed by atoms with Crippen molar-refractivity contribution in [2.75, 3.05) is 6.61 Å². The van der Waals surface area contributed by atoms with E-state index >= 15 is 0 Å². The molecule has 0 radical (unpaired) electrons. The number of hydrogen-bond donors (Lipinski definition) is 0. The lowest BCUT2D eigenvalue weighted by atomic mass is 10.0. The highest BCUT2D eigenvalue weighted by Crippen LogP contribution is 2.12. The van der Waals surface area contributed by atoms with Gasteiger partial charge < -0.3 is 9.47 Å². The third-order valence-electron chi connectivity index (χ3n) is 4.89. The van der Waals surface area contributed by atoms with Gasteiger partial charge in [0, 0.05) is 12.8 Å². The number of unbranched alkanes of at least 4 members (excludes halogenated alkanes) is 13. The van der Waals surface area contributed by atoms with E-state index in [2.05, 4.69) is 6.92 Å². The van der Waals surface area contributed by atoms with E-state index in [4.69, 9.17) is 9.47 Å². The Kier molecular flexibility index (Phi) is 19.9. The van der Waals surface area contributed by atoms with Crippen LogP contribution in [0.4, 0.5) is 0 Å². The smallest absolute Gasteiger partial charge is 0.306 e. The number of esters is 2. The zero-order chi connectivity index (χ0) is 20.9. The lowest BCUT2D eigenvalue weighted by Gasteiger charge is -2.07. The van der Waals surface area contributed by atoms with Crippen molar-refractivity contribution < 1.29 is 19.1 Å². The van der Waals surface area contributed by atoms with Crippen LogP contribution in [0.5, 0.6) is 0 Å². The van der Waals surface area contributed by atoms with Crippen LogP contribution in [0.1, 0.15) is 130 Å². The topological polar surface area (TPSA) is 52.6 Å². The van der Waals surface area contributed by atoms with Crippen LogP contribution < -0.4 is 0 Å². The van der Waals surface area contributed by atoms with Crippen LogP contribution in [0.15, 0.2) is 0 Å². The third kappa shape index (κ3) is 21.2. The standard InChI is InChI=1S/C24H46O4/c1-4-5-6-7-8-9-10-11-12-13-14-15-18-21-27-23(25)19-16-17-20-24(26)28-22(2)3/h22H,4-21H2,1-3H3. The molecule has 0 bridgehead atoms. The van der Waals surface area contributed by atoms with Crippen LogP contribution in [-0.4, -0.2) is 24.6 Å². The van der Waals surface area contributed by atoms with E-state index in [-0.39, 0.29) is 18.0 Å². The summed E-state index contributed by atoms with van der Waals surface area (Å²) in [7, 11) is 0. The van der Waals surface area contributed by atoms with Crippen LogP contribution in [0.2, 0.25) is 0 Å². The molecule has 0 aliphatic carbocycles. The number of carbonyl (C=O) groups is 2. The fraction of sp³-hybridized carbons (Fsp3) is 0.917. The first-order valence-electron chi connectivity index (χ1n) is 11.9. The Balaban J connectivity index is 3.23. The summed E-state index contributed by atoms with van der Waals surface area (Å²) in [5.41, 5.74) is 0. The van der Waals surface area contributed by atoms with E-state index in [1.54, 1.807) is 0 Å². The first kappa shape index (κ1) is 26.9. The van der Waals surface area contributed by atoms with Crippen LogP contribution in [0, 0.1) is 0 Å². The quantitative estimate of drug-likeness (QED) is 0.162. The zero-order valence-electron chi connectivity index (χ0n) is 18.9. The molecule has 0 fully saturated rings. The largest absolute Gasteiger partial charge is 0.466 e. The SMILES string of the molecule is CCCCCCCCCCCCCCCOC(=O)CCCCC(=O)OC(C)C. The van der Waals surface area contributed by atoms with Gasteiger partial charge >= 0.3 is 11.9 Å². The number of ether oxygens (including phenoxy) is 2. The summed E-state index contributed by atoms with van der Waals surface area (Å²) in [4.78, 5) is 23.0. The summed E-state index contributed by atoms with van der Waals surface area (Å²) >= 11 is 0. The molecule has 4 nitrogen and oxygen atoms in total. The van der Waals surface area contributed by atoms with E-state index in [1.807, 2.05) is 13.8 Å². The molecule has 28 heavy (non-hydrogen) atoms. The minimum absolute atomic E-state index is 0.0715. The molecule has 0 aliphatic heterocycles. The van der Waals surface area contributed by atoms with Crippen molar-refractivity contribution in [1.29, 1.82) is 0 Å². The van der Waals surface area contributed by atoms with E-state index < -0.39 is 0 Å². The number of hydrogen-bond acceptors (Lipinski definition) is 4. The van der Waals surface area contributed by atoms with Crippen molar-refractivity contribution in [2.45, 2.75) is 136 Å². The summed E-state index contributed by atoms with van der Waals surface area (Å²) in [5.74, 6) is -0.327. The molecule has 0 saturated heterocycles. The molecular formula is C24H46O4. The van der Waals surface area contributed by atoms with Crippen molar-refractivity contribution in [2.24, 2.45) is 0 Å². The van der Waals surface area contributed by atoms with Gasteiger partial charge in [0.05, 0.1) is 12.7 Å². The molecule has 0 unspecified atom stereocenters. The number of carbonyl (C=O) groups excluding carboxylic acids is 2. The minimum Gasteiger partial charge on any atom is -0.466 e. The van der Waals surface area contributed by atoms with Gasteiger partial charge in [0.1, 0.15) is 0 Å². The molecule has 0 saturated carbocycles. The van der Waals surface area contributed by atoms with E-state index in [0.717, 1.165) is 12.8 Å². The lowest BCUT2D eigenvalue weighted by Crippen LogP contribution is -2.11. The summed E-state index contributed by atoms with van der Waals surface area (Å²) in [6.07, 6.45) is 19.2. The highest BCUT2D eigenvalue weighted by Gasteiger charge is 2.07. The Morgan fingerprint density at radius 3 is 1.50 bits per heavy atom. The van der Waals surface area contributed by atoms with E-state index in [1.165, 1.54) is 70.6 Å². The van der Waals surface area contributed by atoms with Crippen molar-refractivity contribution in [1.82, 2.24) is 0 Å². The second-order valence-corrected chi connectivity index (χ2v) is 8.21. The Morgan fingerprint density at radius 2 is 1.04 bits per heavy atom. The average Bonchev–Trinajstić information content (AvgIpc) is 2.65. The Hall–Kier alpha value is -1.06. The highest BCUT2D eigenvalue weighted by molar-refractivity contribution is 5.70. The molecule has 0 rings (SSSR count). The van der Waals surface area contributed by atoms with Gasteiger partial charge in [-0.05, 0) is 33.1 Å².